The smallest absolute Gasteiger partial charge is 0.267 e. The van der Waals surface area contributed by atoms with Crippen molar-refractivity contribution >= 4 is 17.4 Å². The minimum absolute atomic E-state index is 0.0180. The molecule has 0 N–H and O–H groups in total. The van der Waals surface area contributed by atoms with Crippen LogP contribution in [0.15, 0.2) is 42.5 Å². The molecule has 0 spiro atoms. The van der Waals surface area contributed by atoms with Crippen LogP contribution >= 0.6 is 11.5 Å². The fraction of sp³-hybridized carbons (Fsp3) is 0.318. The summed E-state index contributed by atoms with van der Waals surface area (Å²) in [5, 5.41) is 4.21. The number of benzene rings is 2. The highest BCUT2D eigenvalue weighted by atomic mass is 32.1. The Balaban J connectivity index is 1.23. The molecule has 3 aromatic rings. The average Bonchev–Trinajstić information content (AvgIpc) is 3.48. The SMILES string of the molecule is COc1cccc(-c2nnsc2C(=O)N2CCN(Cc3ccc4c(c3)OCO4)CC2)c1. The summed E-state index contributed by atoms with van der Waals surface area (Å²) in [4.78, 5) is 18.0. The zero-order valence-corrected chi connectivity index (χ0v) is 17.9. The topological polar surface area (TPSA) is 77.0 Å². The van der Waals surface area contributed by atoms with Gasteiger partial charge in [0.1, 0.15) is 16.3 Å². The van der Waals surface area contributed by atoms with Gasteiger partial charge in [0, 0.05) is 38.3 Å². The van der Waals surface area contributed by atoms with E-state index in [9.17, 15) is 4.79 Å². The number of fused-ring (bicyclic) bond motifs is 1. The van der Waals surface area contributed by atoms with Crippen molar-refractivity contribution in [3.05, 3.63) is 52.9 Å². The van der Waals surface area contributed by atoms with Crippen LogP contribution in [-0.4, -0.2) is 65.4 Å². The fourth-order valence-corrected chi connectivity index (χ4v) is 4.50. The molecule has 1 amide bonds. The summed E-state index contributed by atoms with van der Waals surface area (Å²) in [6.45, 7) is 4.04. The fourth-order valence-electron chi connectivity index (χ4n) is 3.84. The molecular formula is C22H22N4O4S. The number of carbonyl (C=O) groups is 1. The van der Waals surface area contributed by atoms with Crippen molar-refractivity contribution in [2.75, 3.05) is 40.1 Å². The number of aromatic nitrogens is 2. The number of methoxy groups -OCH3 is 1. The largest absolute Gasteiger partial charge is 0.497 e. The van der Waals surface area contributed by atoms with Crippen molar-refractivity contribution < 1.29 is 19.0 Å². The molecule has 5 rings (SSSR count). The van der Waals surface area contributed by atoms with Crippen molar-refractivity contribution in [1.29, 1.82) is 0 Å². The third-order valence-electron chi connectivity index (χ3n) is 5.53. The molecule has 2 aromatic carbocycles. The van der Waals surface area contributed by atoms with Crippen LogP contribution in [0, 0.1) is 0 Å². The van der Waals surface area contributed by atoms with E-state index in [0.29, 0.717) is 23.7 Å². The van der Waals surface area contributed by atoms with Crippen molar-refractivity contribution in [2.45, 2.75) is 6.54 Å². The van der Waals surface area contributed by atoms with Crippen LogP contribution in [-0.2, 0) is 6.54 Å². The van der Waals surface area contributed by atoms with Gasteiger partial charge >= 0.3 is 0 Å². The number of amides is 1. The van der Waals surface area contributed by atoms with Gasteiger partial charge in [-0.3, -0.25) is 9.69 Å². The van der Waals surface area contributed by atoms with Gasteiger partial charge in [-0.25, -0.2) is 0 Å². The lowest BCUT2D eigenvalue weighted by Crippen LogP contribution is -2.48. The van der Waals surface area contributed by atoms with E-state index in [0.717, 1.165) is 54.0 Å². The summed E-state index contributed by atoms with van der Waals surface area (Å²) in [5.41, 5.74) is 2.62. The number of nitrogens with zero attached hydrogens (tertiary/aromatic N) is 4. The molecule has 1 aromatic heterocycles. The zero-order valence-electron chi connectivity index (χ0n) is 17.1. The van der Waals surface area contributed by atoms with Crippen LogP contribution in [0.1, 0.15) is 15.2 Å². The van der Waals surface area contributed by atoms with E-state index < -0.39 is 0 Å². The van der Waals surface area contributed by atoms with Crippen LogP contribution in [0.5, 0.6) is 17.2 Å². The maximum Gasteiger partial charge on any atom is 0.267 e. The summed E-state index contributed by atoms with van der Waals surface area (Å²) in [6.07, 6.45) is 0. The Labute approximate surface area is 184 Å². The maximum atomic E-state index is 13.2. The van der Waals surface area contributed by atoms with Crippen molar-refractivity contribution in [1.82, 2.24) is 19.4 Å². The second kappa shape index (κ2) is 8.52. The molecule has 160 valence electrons. The van der Waals surface area contributed by atoms with Crippen molar-refractivity contribution in [3.8, 4) is 28.5 Å². The second-order valence-electron chi connectivity index (χ2n) is 7.44. The number of piperazine rings is 1. The lowest BCUT2D eigenvalue weighted by Gasteiger charge is -2.34. The third kappa shape index (κ3) is 4.06. The maximum absolute atomic E-state index is 13.2. The van der Waals surface area contributed by atoms with E-state index >= 15 is 0 Å². The van der Waals surface area contributed by atoms with Crippen molar-refractivity contribution in [3.63, 3.8) is 0 Å². The first-order chi connectivity index (χ1) is 15.2. The van der Waals surface area contributed by atoms with E-state index in [1.54, 1.807) is 7.11 Å². The van der Waals surface area contributed by atoms with Gasteiger partial charge < -0.3 is 19.1 Å². The van der Waals surface area contributed by atoms with Crippen LogP contribution < -0.4 is 14.2 Å². The molecule has 3 heterocycles. The predicted molar refractivity (Wildman–Crippen MR) is 116 cm³/mol. The lowest BCUT2D eigenvalue weighted by atomic mass is 10.1. The first kappa shape index (κ1) is 19.8. The average molecular weight is 439 g/mol. The van der Waals surface area contributed by atoms with Crippen LogP contribution in [0.3, 0.4) is 0 Å². The number of ether oxygens (including phenoxy) is 3. The highest BCUT2D eigenvalue weighted by Crippen LogP contribution is 2.33. The highest BCUT2D eigenvalue weighted by Gasteiger charge is 2.27. The molecule has 2 aliphatic heterocycles. The van der Waals surface area contributed by atoms with E-state index in [4.69, 9.17) is 14.2 Å². The molecule has 2 aliphatic rings. The second-order valence-corrected chi connectivity index (χ2v) is 8.19. The van der Waals surface area contributed by atoms with Gasteiger partial charge in [-0.1, -0.05) is 22.7 Å². The molecule has 31 heavy (non-hydrogen) atoms. The highest BCUT2D eigenvalue weighted by molar-refractivity contribution is 7.08. The number of carbonyl (C=O) groups excluding carboxylic acids is 1. The summed E-state index contributed by atoms with van der Waals surface area (Å²) < 4.78 is 20.2. The molecular weight excluding hydrogens is 416 g/mol. The molecule has 0 aliphatic carbocycles. The van der Waals surface area contributed by atoms with E-state index in [1.807, 2.05) is 41.3 Å². The zero-order chi connectivity index (χ0) is 21.2. The van der Waals surface area contributed by atoms with Gasteiger partial charge in [-0.2, -0.15) is 0 Å². The predicted octanol–water partition coefficient (Wildman–Crippen LogP) is 2.90. The van der Waals surface area contributed by atoms with Crippen molar-refractivity contribution in [2.24, 2.45) is 0 Å². The Morgan fingerprint density at radius 2 is 1.94 bits per heavy atom. The summed E-state index contributed by atoms with van der Waals surface area (Å²) in [5.74, 6) is 2.30. The normalized spacial score (nSPS) is 15.8. The Bertz CT molecular complexity index is 1090. The van der Waals surface area contributed by atoms with E-state index in [-0.39, 0.29) is 12.7 Å². The number of rotatable bonds is 5. The van der Waals surface area contributed by atoms with Gasteiger partial charge in [0.25, 0.3) is 5.91 Å². The molecule has 9 heteroatoms. The van der Waals surface area contributed by atoms with Gasteiger partial charge in [-0.05, 0) is 41.4 Å². The molecule has 1 fully saturated rings. The molecule has 0 saturated carbocycles. The summed E-state index contributed by atoms with van der Waals surface area (Å²) >= 11 is 1.14. The molecule has 1 saturated heterocycles. The molecule has 0 radical (unpaired) electrons. The third-order valence-corrected chi connectivity index (χ3v) is 6.24. The van der Waals surface area contributed by atoms with Crippen LogP contribution in [0.25, 0.3) is 11.3 Å². The van der Waals surface area contributed by atoms with Crippen LogP contribution in [0.4, 0.5) is 0 Å². The van der Waals surface area contributed by atoms with Gasteiger partial charge in [0.15, 0.2) is 11.5 Å². The molecule has 8 nitrogen and oxygen atoms in total. The molecule has 0 bridgehead atoms. The summed E-state index contributed by atoms with van der Waals surface area (Å²) in [6, 6.07) is 13.6. The first-order valence-electron chi connectivity index (χ1n) is 10.1. The minimum atomic E-state index is -0.0180. The molecule has 0 atom stereocenters. The minimum Gasteiger partial charge on any atom is -0.497 e. The van der Waals surface area contributed by atoms with Gasteiger partial charge in [0.2, 0.25) is 6.79 Å². The first-order valence-corrected chi connectivity index (χ1v) is 10.9. The standard InChI is InChI=1S/C22H22N4O4S/c1-28-17-4-2-3-16(12-17)20-21(31-24-23-20)22(27)26-9-7-25(8-10-26)13-15-5-6-18-19(11-15)30-14-29-18/h2-6,11-12H,7-10,13-14H2,1H3. The lowest BCUT2D eigenvalue weighted by molar-refractivity contribution is 0.0633. The van der Waals surface area contributed by atoms with Gasteiger partial charge in [0.05, 0.1) is 7.11 Å². The van der Waals surface area contributed by atoms with Crippen LogP contribution in [0.2, 0.25) is 0 Å². The Hall–Kier alpha value is -3.17. The molecule has 0 unspecified atom stereocenters. The number of hydrogen-bond donors (Lipinski definition) is 0. The number of hydrogen-bond acceptors (Lipinski definition) is 8. The monoisotopic (exact) mass is 438 g/mol. The Morgan fingerprint density at radius 1 is 1.10 bits per heavy atom. The van der Waals surface area contributed by atoms with Gasteiger partial charge in [-0.15, -0.1) is 5.10 Å². The van der Waals surface area contributed by atoms with E-state index in [2.05, 4.69) is 20.6 Å². The quantitative estimate of drug-likeness (QED) is 0.606. The summed E-state index contributed by atoms with van der Waals surface area (Å²) in [7, 11) is 1.62. The Kier molecular flexibility index (Phi) is 5.44. The Morgan fingerprint density at radius 3 is 2.77 bits per heavy atom. The van der Waals surface area contributed by atoms with E-state index in [1.165, 1.54) is 5.56 Å².